The summed E-state index contributed by atoms with van der Waals surface area (Å²) >= 11 is 0. The Labute approximate surface area is 169 Å². The molecule has 29 heavy (non-hydrogen) atoms. The second kappa shape index (κ2) is 9.14. The zero-order chi connectivity index (χ0) is 20.8. The molecule has 0 spiro atoms. The third-order valence-electron chi connectivity index (χ3n) is 4.58. The number of rotatable bonds is 8. The molecule has 0 bridgehead atoms. The molecule has 1 amide bonds. The summed E-state index contributed by atoms with van der Waals surface area (Å²) < 4.78 is 10.9. The van der Waals surface area contributed by atoms with Crippen molar-refractivity contribution in [3.8, 4) is 5.75 Å². The van der Waals surface area contributed by atoms with Gasteiger partial charge in [-0.3, -0.25) is 14.6 Å². The van der Waals surface area contributed by atoms with Crippen LogP contribution in [0, 0.1) is 0 Å². The minimum Gasteiger partial charge on any atom is -0.486 e. The summed E-state index contributed by atoms with van der Waals surface area (Å²) in [5, 5.41) is 3.90. The number of Topliss-reactive ketones (excluding diaryl/α,β-unsaturated/α-hetero) is 1. The highest BCUT2D eigenvalue weighted by Crippen LogP contribution is 2.21. The van der Waals surface area contributed by atoms with Gasteiger partial charge in [0.15, 0.2) is 17.2 Å². The maximum absolute atomic E-state index is 12.9. The van der Waals surface area contributed by atoms with E-state index >= 15 is 0 Å². The predicted octanol–water partition coefficient (Wildman–Crippen LogP) is 4.07. The van der Waals surface area contributed by atoms with Gasteiger partial charge in [0.2, 0.25) is 0 Å². The zero-order valence-electron chi connectivity index (χ0n) is 16.7. The van der Waals surface area contributed by atoms with Crippen LogP contribution in [-0.2, 0) is 6.61 Å². The second-order valence-electron chi connectivity index (χ2n) is 6.57. The molecule has 0 aliphatic heterocycles. The lowest BCUT2D eigenvalue weighted by Gasteiger charge is -2.26. The van der Waals surface area contributed by atoms with Crippen LogP contribution < -0.4 is 4.74 Å². The molecule has 0 fully saturated rings. The third-order valence-corrected chi connectivity index (χ3v) is 4.58. The number of carbonyl (C=O) groups excluding carboxylic acids is 2. The number of ketones is 1. The molecule has 2 heterocycles. The van der Waals surface area contributed by atoms with Crippen molar-refractivity contribution in [3.63, 3.8) is 0 Å². The minimum atomic E-state index is -0.237. The molecular formula is C22H23N3O4. The lowest BCUT2D eigenvalue weighted by atomic mass is 10.1. The molecule has 150 valence electrons. The second-order valence-corrected chi connectivity index (χ2v) is 6.57. The third kappa shape index (κ3) is 4.87. The number of benzene rings is 1. The maximum atomic E-state index is 12.9. The number of pyridine rings is 1. The summed E-state index contributed by atoms with van der Waals surface area (Å²) in [5.74, 6) is 0.688. The first kappa shape index (κ1) is 20.3. The topological polar surface area (TPSA) is 85.5 Å². The Morgan fingerprint density at radius 2 is 2.00 bits per heavy atom. The van der Waals surface area contributed by atoms with Crippen molar-refractivity contribution in [2.75, 3.05) is 6.54 Å². The van der Waals surface area contributed by atoms with Crippen molar-refractivity contribution in [3.05, 3.63) is 77.4 Å². The van der Waals surface area contributed by atoms with Crippen molar-refractivity contribution in [2.24, 2.45) is 0 Å². The number of ether oxygens (including phenoxy) is 1. The average molecular weight is 393 g/mol. The number of amides is 1. The summed E-state index contributed by atoms with van der Waals surface area (Å²) in [6, 6.07) is 13.9. The Balaban J connectivity index is 1.67. The van der Waals surface area contributed by atoms with Crippen LogP contribution >= 0.6 is 0 Å². The highest BCUT2D eigenvalue weighted by Gasteiger charge is 2.25. The van der Waals surface area contributed by atoms with Gasteiger partial charge < -0.3 is 14.2 Å². The highest BCUT2D eigenvalue weighted by molar-refractivity contribution is 5.94. The predicted molar refractivity (Wildman–Crippen MR) is 107 cm³/mol. The molecule has 7 heteroatoms. The first-order chi connectivity index (χ1) is 14.0. The van der Waals surface area contributed by atoms with E-state index in [0.717, 1.165) is 5.69 Å². The fourth-order valence-corrected chi connectivity index (χ4v) is 2.96. The standard InChI is InChI=1S/C22H23N3O4/c1-4-25(15(2)20-10-5-6-11-23-20)22(27)21-13-19(29-24-21)14-28-18-9-7-8-17(12-18)16(3)26/h5-13,15H,4,14H2,1-3H3. The fraction of sp³-hybridized carbons (Fsp3) is 0.273. The Kier molecular flexibility index (Phi) is 6.39. The lowest BCUT2D eigenvalue weighted by Crippen LogP contribution is -2.34. The molecule has 0 N–H and O–H groups in total. The molecule has 7 nitrogen and oxygen atoms in total. The molecule has 2 aromatic heterocycles. The van der Waals surface area contributed by atoms with Gasteiger partial charge in [0.05, 0.1) is 11.7 Å². The normalized spacial score (nSPS) is 11.7. The molecule has 0 radical (unpaired) electrons. The highest BCUT2D eigenvalue weighted by atomic mass is 16.5. The Hall–Kier alpha value is -3.48. The number of hydrogen-bond donors (Lipinski definition) is 0. The Bertz CT molecular complexity index is 984. The van der Waals surface area contributed by atoms with Crippen LogP contribution in [0.4, 0.5) is 0 Å². The maximum Gasteiger partial charge on any atom is 0.276 e. The van der Waals surface area contributed by atoms with Gasteiger partial charge in [-0.25, -0.2) is 0 Å². The van der Waals surface area contributed by atoms with E-state index in [1.165, 1.54) is 6.92 Å². The number of nitrogens with zero attached hydrogens (tertiary/aromatic N) is 3. The van der Waals surface area contributed by atoms with Crippen LogP contribution in [0.25, 0.3) is 0 Å². The first-order valence-corrected chi connectivity index (χ1v) is 9.41. The van der Waals surface area contributed by atoms with Crippen molar-refractivity contribution in [2.45, 2.75) is 33.4 Å². The van der Waals surface area contributed by atoms with E-state index in [0.29, 0.717) is 23.6 Å². The quantitative estimate of drug-likeness (QED) is 0.536. The van der Waals surface area contributed by atoms with Crippen molar-refractivity contribution in [1.82, 2.24) is 15.0 Å². The van der Waals surface area contributed by atoms with Gasteiger partial charge in [0, 0.05) is 24.4 Å². The van der Waals surface area contributed by atoms with E-state index in [2.05, 4.69) is 10.1 Å². The zero-order valence-corrected chi connectivity index (χ0v) is 16.7. The SMILES string of the molecule is CCN(C(=O)c1cc(COc2cccc(C(C)=O)c2)on1)C(C)c1ccccn1. The fourth-order valence-electron chi connectivity index (χ4n) is 2.96. The summed E-state index contributed by atoms with van der Waals surface area (Å²) in [6.07, 6.45) is 1.71. The van der Waals surface area contributed by atoms with Gasteiger partial charge in [0.25, 0.3) is 5.91 Å². The van der Waals surface area contributed by atoms with Gasteiger partial charge >= 0.3 is 0 Å². The average Bonchev–Trinajstić information content (AvgIpc) is 3.22. The van der Waals surface area contributed by atoms with E-state index < -0.39 is 0 Å². The Morgan fingerprint density at radius 1 is 1.17 bits per heavy atom. The smallest absolute Gasteiger partial charge is 0.276 e. The van der Waals surface area contributed by atoms with E-state index in [9.17, 15) is 9.59 Å². The van der Waals surface area contributed by atoms with Crippen molar-refractivity contribution >= 4 is 11.7 Å². The molecule has 0 aliphatic rings. The van der Waals surface area contributed by atoms with Crippen LogP contribution in [0.2, 0.25) is 0 Å². The van der Waals surface area contributed by atoms with Gasteiger partial charge in [-0.1, -0.05) is 23.4 Å². The number of hydrogen-bond acceptors (Lipinski definition) is 6. The molecule has 3 aromatic rings. The number of aromatic nitrogens is 2. The molecule has 1 unspecified atom stereocenters. The monoisotopic (exact) mass is 393 g/mol. The molecule has 0 aliphatic carbocycles. The van der Waals surface area contributed by atoms with Gasteiger partial charge in [-0.15, -0.1) is 0 Å². The lowest BCUT2D eigenvalue weighted by molar-refractivity contribution is 0.0688. The summed E-state index contributed by atoms with van der Waals surface area (Å²) in [4.78, 5) is 30.4. The van der Waals surface area contributed by atoms with Gasteiger partial charge in [0.1, 0.15) is 12.4 Å². The first-order valence-electron chi connectivity index (χ1n) is 9.41. The molecule has 1 atom stereocenters. The minimum absolute atomic E-state index is 0.0373. The van der Waals surface area contributed by atoms with Crippen LogP contribution in [0.15, 0.2) is 59.3 Å². The van der Waals surface area contributed by atoms with Crippen molar-refractivity contribution < 1.29 is 18.8 Å². The molecule has 1 aromatic carbocycles. The number of carbonyl (C=O) groups is 2. The van der Waals surface area contributed by atoms with Crippen LogP contribution in [0.5, 0.6) is 5.75 Å². The van der Waals surface area contributed by atoms with Crippen LogP contribution in [0.3, 0.4) is 0 Å². The Morgan fingerprint density at radius 3 is 2.69 bits per heavy atom. The summed E-state index contributed by atoms with van der Waals surface area (Å²) in [6.45, 7) is 5.94. The summed E-state index contributed by atoms with van der Waals surface area (Å²) in [5.41, 5.74) is 1.59. The van der Waals surface area contributed by atoms with E-state index in [1.807, 2.05) is 32.0 Å². The van der Waals surface area contributed by atoms with Gasteiger partial charge in [-0.05, 0) is 45.0 Å². The van der Waals surface area contributed by atoms with E-state index in [-0.39, 0.29) is 30.0 Å². The molecule has 0 saturated heterocycles. The molecular weight excluding hydrogens is 370 g/mol. The van der Waals surface area contributed by atoms with E-state index in [1.54, 1.807) is 41.4 Å². The van der Waals surface area contributed by atoms with E-state index in [4.69, 9.17) is 9.26 Å². The van der Waals surface area contributed by atoms with Crippen LogP contribution in [0.1, 0.15) is 59.1 Å². The summed E-state index contributed by atoms with van der Waals surface area (Å²) in [7, 11) is 0. The molecule has 3 rings (SSSR count). The van der Waals surface area contributed by atoms with Crippen LogP contribution in [-0.4, -0.2) is 33.3 Å². The largest absolute Gasteiger partial charge is 0.486 e. The molecule has 0 saturated carbocycles. The van der Waals surface area contributed by atoms with Crippen molar-refractivity contribution in [1.29, 1.82) is 0 Å². The van der Waals surface area contributed by atoms with Gasteiger partial charge in [-0.2, -0.15) is 0 Å².